The molecule has 0 fully saturated rings. The average molecular weight is 305 g/mol. The summed E-state index contributed by atoms with van der Waals surface area (Å²) in [6.07, 6.45) is 0. The molecular formula is C7H5BrCl2Zn. The van der Waals surface area contributed by atoms with E-state index in [1.165, 1.54) is 23.9 Å². The third-order valence-electron chi connectivity index (χ3n) is 1.27. The van der Waals surface area contributed by atoms with Gasteiger partial charge in [-0.25, -0.2) is 0 Å². The Labute approximate surface area is 96.7 Å². The molecule has 0 atom stereocenters. The summed E-state index contributed by atoms with van der Waals surface area (Å²) >= 11 is 12.8. The van der Waals surface area contributed by atoms with Crippen molar-refractivity contribution < 1.29 is 35.3 Å². The summed E-state index contributed by atoms with van der Waals surface area (Å²) in [5.41, 5.74) is 1.27. The fourth-order valence-electron chi connectivity index (χ4n) is 0.695. The van der Waals surface area contributed by atoms with Gasteiger partial charge in [0.25, 0.3) is 0 Å². The maximum Gasteiger partial charge on any atom is -1.00 e. The number of hydrogen-bond donors (Lipinski definition) is 0. The molecule has 0 heterocycles. The molecule has 1 aromatic carbocycles. The number of benzene rings is 1. The first-order valence-corrected chi connectivity index (χ1v) is 5.82. The van der Waals surface area contributed by atoms with E-state index >= 15 is 0 Å². The third-order valence-corrected chi connectivity index (χ3v) is 3.22. The van der Waals surface area contributed by atoms with E-state index in [4.69, 9.17) is 23.2 Å². The van der Waals surface area contributed by atoms with E-state index in [1.54, 1.807) is 0 Å². The molecule has 4 heteroatoms. The van der Waals surface area contributed by atoms with Crippen LogP contribution < -0.4 is 17.0 Å². The Morgan fingerprint density at radius 1 is 1.18 bits per heavy atom. The van der Waals surface area contributed by atoms with E-state index in [-0.39, 0.29) is 17.0 Å². The van der Waals surface area contributed by atoms with E-state index in [0.29, 0.717) is 10.0 Å². The molecule has 1 aromatic rings. The largest absolute Gasteiger partial charge is 1.00 e. The van der Waals surface area contributed by atoms with Gasteiger partial charge in [0.05, 0.1) is 0 Å². The summed E-state index contributed by atoms with van der Waals surface area (Å²) in [7, 11) is 0. The average Bonchev–Trinajstić information content (AvgIpc) is 1.95. The molecule has 0 bridgehead atoms. The Balaban J connectivity index is 0.000001000. The van der Waals surface area contributed by atoms with E-state index in [2.05, 4.69) is 0 Å². The van der Waals surface area contributed by atoms with Crippen molar-refractivity contribution in [3.8, 4) is 0 Å². The molecule has 0 aliphatic rings. The summed E-state index contributed by atoms with van der Waals surface area (Å²) in [6.45, 7) is 0. The van der Waals surface area contributed by atoms with Gasteiger partial charge in [-0.2, -0.15) is 0 Å². The second-order valence-corrected chi connectivity index (χ2v) is 3.86. The normalized spacial score (nSPS) is 9.09. The Hall–Kier alpha value is 0.903. The predicted molar refractivity (Wildman–Crippen MR) is 40.2 cm³/mol. The van der Waals surface area contributed by atoms with Gasteiger partial charge in [-0.3, -0.25) is 0 Å². The number of hydrogen-bond acceptors (Lipinski definition) is 0. The zero-order valence-corrected chi connectivity index (χ0v) is 11.8. The zero-order valence-electron chi connectivity index (χ0n) is 5.78. The molecule has 11 heavy (non-hydrogen) atoms. The van der Waals surface area contributed by atoms with Gasteiger partial charge in [0.15, 0.2) is 0 Å². The van der Waals surface area contributed by atoms with Crippen LogP contribution in [0.15, 0.2) is 18.2 Å². The fourth-order valence-corrected chi connectivity index (χ4v) is 1.67. The van der Waals surface area contributed by atoms with Gasteiger partial charge in [-0.05, 0) is 0 Å². The first-order chi connectivity index (χ1) is 4.74. The maximum absolute atomic E-state index is 5.77. The van der Waals surface area contributed by atoms with Crippen molar-refractivity contribution in [2.45, 2.75) is 5.02 Å². The summed E-state index contributed by atoms with van der Waals surface area (Å²) in [5, 5.41) is 2.42. The van der Waals surface area contributed by atoms with Gasteiger partial charge in [0.2, 0.25) is 0 Å². The van der Waals surface area contributed by atoms with Crippen LogP contribution in [0.25, 0.3) is 0 Å². The molecule has 0 radical (unpaired) electrons. The van der Waals surface area contributed by atoms with Gasteiger partial charge in [-0.15, -0.1) is 0 Å². The van der Waals surface area contributed by atoms with Gasteiger partial charge < -0.3 is 17.0 Å². The summed E-state index contributed by atoms with van der Waals surface area (Å²) < 4.78 is 0. The van der Waals surface area contributed by atoms with Crippen molar-refractivity contribution in [2.24, 2.45) is 0 Å². The van der Waals surface area contributed by atoms with E-state index in [9.17, 15) is 0 Å². The van der Waals surface area contributed by atoms with Crippen LogP contribution in [0.3, 0.4) is 0 Å². The minimum atomic E-state index is 0. The molecule has 0 aromatic heterocycles. The van der Waals surface area contributed by atoms with E-state index < -0.39 is 0 Å². The Kier molecular flexibility index (Phi) is 5.99. The molecule has 0 saturated carbocycles. The van der Waals surface area contributed by atoms with Crippen molar-refractivity contribution in [1.29, 1.82) is 0 Å². The van der Waals surface area contributed by atoms with Crippen molar-refractivity contribution in [3.63, 3.8) is 0 Å². The number of halogens is 3. The van der Waals surface area contributed by atoms with Gasteiger partial charge in [-0.1, -0.05) is 0 Å². The van der Waals surface area contributed by atoms with Crippen LogP contribution in [0.4, 0.5) is 0 Å². The molecule has 0 aliphatic carbocycles. The smallest absolute Gasteiger partial charge is 1.00 e. The third kappa shape index (κ3) is 3.42. The van der Waals surface area contributed by atoms with Crippen LogP contribution >= 0.6 is 23.2 Å². The molecule has 0 nitrogen and oxygen atoms in total. The van der Waals surface area contributed by atoms with Crippen LogP contribution in [0.2, 0.25) is 10.0 Å². The summed E-state index contributed by atoms with van der Waals surface area (Å²) in [4.78, 5) is 0. The summed E-state index contributed by atoms with van der Waals surface area (Å²) in [5.74, 6) is 0. The predicted octanol–water partition coefficient (Wildman–Crippen LogP) is 0.0442. The quantitative estimate of drug-likeness (QED) is 0.643. The molecule has 1 rings (SSSR count). The Bertz CT molecular complexity index is 240. The Morgan fingerprint density at radius 2 is 1.82 bits per heavy atom. The van der Waals surface area contributed by atoms with Crippen LogP contribution in [-0.2, 0) is 23.3 Å². The Morgan fingerprint density at radius 3 is 2.27 bits per heavy atom. The van der Waals surface area contributed by atoms with Crippen LogP contribution in [0, 0.1) is 0 Å². The SMILES string of the molecule is Clc1ccc([CH2][Zn+])cc1Cl.[Br-]. The fraction of sp³-hybridized carbons (Fsp3) is 0.143. The van der Waals surface area contributed by atoms with Crippen LogP contribution in [0.1, 0.15) is 5.56 Å². The number of rotatable bonds is 1. The molecular weight excluding hydrogens is 300 g/mol. The first-order valence-electron chi connectivity index (χ1n) is 2.97. The van der Waals surface area contributed by atoms with Crippen LogP contribution in [0.5, 0.6) is 0 Å². The maximum atomic E-state index is 5.77. The van der Waals surface area contributed by atoms with E-state index in [0.717, 1.165) is 5.02 Å². The van der Waals surface area contributed by atoms with Crippen molar-refractivity contribution in [3.05, 3.63) is 33.8 Å². The molecule has 0 spiro atoms. The van der Waals surface area contributed by atoms with Crippen molar-refractivity contribution in [1.82, 2.24) is 0 Å². The van der Waals surface area contributed by atoms with Crippen molar-refractivity contribution >= 4 is 23.2 Å². The second-order valence-electron chi connectivity index (χ2n) is 2.00. The molecule has 0 unspecified atom stereocenters. The van der Waals surface area contributed by atoms with Crippen molar-refractivity contribution in [2.75, 3.05) is 0 Å². The topological polar surface area (TPSA) is 0 Å². The van der Waals surface area contributed by atoms with E-state index in [1.807, 2.05) is 18.2 Å². The molecule has 0 saturated heterocycles. The molecule has 56 valence electrons. The minimum Gasteiger partial charge on any atom is -1.00 e. The minimum absolute atomic E-state index is 0. The molecule has 0 amide bonds. The van der Waals surface area contributed by atoms with Gasteiger partial charge in [0, 0.05) is 0 Å². The molecule has 0 N–H and O–H groups in total. The van der Waals surface area contributed by atoms with Gasteiger partial charge >= 0.3 is 80.3 Å². The summed E-state index contributed by atoms with van der Waals surface area (Å²) in [6, 6.07) is 5.78. The standard InChI is InChI=1S/C7H5Cl2.BrH.Zn/c1-5-2-3-6(8)7(9)4-5;;/h2-4H,1H2;1H;/q;;+1/p-1. The molecule has 0 aliphatic heterocycles. The zero-order chi connectivity index (χ0) is 7.56. The first kappa shape index (κ1) is 11.9. The van der Waals surface area contributed by atoms with Crippen LogP contribution in [-0.4, -0.2) is 0 Å². The van der Waals surface area contributed by atoms with Gasteiger partial charge in [0.1, 0.15) is 0 Å². The second kappa shape index (κ2) is 5.53. The monoisotopic (exact) mass is 302 g/mol.